The summed E-state index contributed by atoms with van der Waals surface area (Å²) in [5, 5.41) is 6.79. The van der Waals surface area contributed by atoms with Gasteiger partial charge < -0.3 is 9.84 Å². The van der Waals surface area contributed by atoms with E-state index in [2.05, 4.69) is 20.4 Å². The first-order chi connectivity index (χ1) is 11.7. The van der Waals surface area contributed by atoms with E-state index < -0.39 is 0 Å². The van der Waals surface area contributed by atoms with Gasteiger partial charge in [-0.3, -0.25) is 9.78 Å². The second-order valence-corrected chi connectivity index (χ2v) is 5.52. The van der Waals surface area contributed by atoms with Gasteiger partial charge in [0.2, 0.25) is 5.91 Å². The molecule has 0 aliphatic carbocycles. The summed E-state index contributed by atoms with van der Waals surface area (Å²) in [5.41, 5.74) is 2.93. The average Bonchev–Trinajstić information content (AvgIpc) is 3.04. The molecule has 24 heavy (non-hydrogen) atoms. The maximum absolute atomic E-state index is 12.0. The van der Waals surface area contributed by atoms with E-state index in [0.29, 0.717) is 31.1 Å². The molecule has 2 aromatic heterocycles. The number of aryl methyl sites for hydroxylation is 1. The van der Waals surface area contributed by atoms with E-state index in [0.717, 1.165) is 16.7 Å². The smallest absolute Gasteiger partial charge is 0.259 e. The van der Waals surface area contributed by atoms with Crippen molar-refractivity contribution in [2.75, 3.05) is 6.54 Å². The molecule has 122 valence electrons. The summed E-state index contributed by atoms with van der Waals surface area (Å²) in [6.45, 7) is 2.48. The summed E-state index contributed by atoms with van der Waals surface area (Å²) in [4.78, 5) is 20.3. The average molecular weight is 322 g/mol. The topological polar surface area (TPSA) is 80.9 Å². The Morgan fingerprint density at radius 3 is 2.96 bits per heavy atom. The number of hydrogen-bond donors (Lipinski definition) is 1. The van der Waals surface area contributed by atoms with E-state index >= 15 is 0 Å². The van der Waals surface area contributed by atoms with Crippen LogP contribution in [0.5, 0.6) is 0 Å². The number of nitrogens with zero attached hydrogens (tertiary/aromatic N) is 3. The number of hydrogen-bond acceptors (Lipinski definition) is 5. The fourth-order valence-electron chi connectivity index (χ4n) is 2.35. The van der Waals surface area contributed by atoms with Crippen molar-refractivity contribution in [3.05, 3.63) is 65.7 Å². The number of benzene rings is 1. The molecule has 3 aromatic rings. The van der Waals surface area contributed by atoms with Crippen LogP contribution in [0.25, 0.3) is 11.5 Å². The molecular formula is C18H18N4O2. The summed E-state index contributed by atoms with van der Waals surface area (Å²) in [5.74, 6) is 0.977. The van der Waals surface area contributed by atoms with E-state index in [9.17, 15) is 4.79 Å². The van der Waals surface area contributed by atoms with Gasteiger partial charge in [-0.1, -0.05) is 35.0 Å². The van der Waals surface area contributed by atoms with E-state index in [4.69, 9.17) is 4.52 Å². The Morgan fingerprint density at radius 1 is 1.25 bits per heavy atom. The lowest BCUT2D eigenvalue weighted by Gasteiger charge is -2.04. The third-order valence-electron chi connectivity index (χ3n) is 3.49. The lowest BCUT2D eigenvalue weighted by atomic mass is 10.1. The highest BCUT2D eigenvalue weighted by Crippen LogP contribution is 2.14. The fraction of sp³-hybridized carbons (Fsp3) is 0.222. The molecule has 0 aliphatic rings. The van der Waals surface area contributed by atoms with Crippen LogP contribution in [0.2, 0.25) is 0 Å². The van der Waals surface area contributed by atoms with Crippen LogP contribution in [-0.4, -0.2) is 27.6 Å². The van der Waals surface area contributed by atoms with E-state index in [1.807, 2.05) is 43.3 Å². The molecule has 0 aliphatic heterocycles. The summed E-state index contributed by atoms with van der Waals surface area (Å²) in [7, 11) is 0. The number of carbonyl (C=O) groups is 1. The number of aromatic nitrogens is 3. The molecule has 0 spiro atoms. The van der Waals surface area contributed by atoms with Crippen molar-refractivity contribution in [2.45, 2.75) is 19.8 Å². The SMILES string of the molecule is Cc1cccc(CC(=O)NCCc2noc(-c3cccnc3)n2)c1. The molecule has 0 fully saturated rings. The molecule has 0 radical (unpaired) electrons. The number of amides is 1. The molecule has 0 saturated heterocycles. The van der Waals surface area contributed by atoms with Gasteiger partial charge in [0.25, 0.3) is 5.89 Å². The number of nitrogens with one attached hydrogen (secondary N) is 1. The maximum atomic E-state index is 12.0. The highest BCUT2D eigenvalue weighted by Gasteiger charge is 2.09. The minimum absolute atomic E-state index is 0.0171. The first kappa shape index (κ1) is 15.9. The van der Waals surface area contributed by atoms with E-state index in [-0.39, 0.29) is 5.91 Å². The van der Waals surface area contributed by atoms with Gasteiger partial charge in [-0.05, 0) is 24.6 Å². The van der Waals surface area contributed by atoms with Crippen LogP contribution in [0.15, 0.2) is 53.3 Å². The normalized spacial score (nSPS) is 10.5. The predicted octanol–water partition coefficient (Wildman–Crippen LogP) is 2.34. The van der Waals surface area contributed by atoms with Crippen LogP contribution in [0, 0.1) is 6.92 Å². The highest BCUT2D eigenvalue weighted by molar-refractivity contribution is 5.78. The largest absolute Gasteiger partial charge is 0.355 e. The molecule has 0 atom stereocenters. The second-order valence-electron chi connectivity index (χ2n) is 5.52. The molecule has 1 aromatic carbocycles. The van der Waals surface area contributed by atoms with Crippen molar-refractivity contribution in [2.24, 2.45) is 0 Å². The van der Waals surface area contributed by atoms with Gasteiger partial charge in [-0.25, -0.2) is 0 Å². The van der Waals surface area contributed by atoms with Gasteiger partial charge >= 0.3 is 0 Å². The summed E-state index contributed by atoms with van der Waals surface area (Å²) >= 11 is 0. The standard InChI is InChI=1S/C18H18N4O2/c1-13-4-2-5-14(10-13)11-17(23)20-9-7-16-21-18(24-22-16)15-6-3-8-19-12-15/h2-6,8,10,12H,7,9,11H2,1H3,(H,20,23). The molecule has 2 heterocycles. The van der Waals surface area contributed by atoms with Crippen molar-refractivity contribution in [3.8, 4) is 11.5 Å². The molecule has 1 N–H and O–H groups in total. The van der Waals surface area contributed by atoms with Crippen LogP contribution in [-0.2, 0) is 17.6 Å². The van der Waals surface area contributed by atoms with Crippen molar-refractivity contribution in [1.82, 2.24) is 20.4 Å². The van der Waals surface area contributed by atoms with Gasteiger partial charge in [0.1, 0.15) is 0 Å². The van der Waals surface area contributed by atoms with E-state index in [1.165, 1.54) is 0 Å². The first-order valence-corrected chi connectivity index (χ1v) is 7.76. The molecule has 0 unspecified atom stereocenters. The Balaban J connectivity index is 1.48. The Hall–Kier alpha value is -3.02. The Morgan fingerprint density at radius 2 is 2.17 bits per heavy atom. The molecular weight excluding hydrogens is 304 g/mol. The Labute approximate surface area is 139 Å². The van der Waals surface area contributed by atoms with Crippen LogP contribution in [0.1, 0.15) is 17.0 Å². The molecule has 1 amide bonds. The van der Waals surface area contributed by atoms with E-state index in [1.54, 1.807) is 12.4 Å². The van der Waals surface area contributed by atoms with Crippen molar-refractivity contribution < 1.29 is 9.32 Å². The van der Waals surface area contributed by atoms with Gasteiger partial charge in [-0.15, -0.1) is 0 Å². The first-order valence-electron chi connectivity index (χ1n) is 7.76. The molecule has 0 bridgehead atoms. The Bertz CT molecular complexity index is 815. The summed E-state index contributed by atoms with van der Waals surface area (Å²) in [6, 6.07) is 11.6. The van der Waals surface area contributed by atoms with Gasteiger partial charge in [0, 0.05) is 25.4 Å². The minimum Gasteiger partial charge on any atom is -0.355 e. The van der Waals surface area contributed by atoms with Crippen molar-refractivity contribution >= 4 is 5.91 Å². The fourth-order valence-corrected chi connectivity index (χ4v) is 2.35. The van der Waals surface area contributed by atoms with Crippen LogP contribution in [0.3, 0.4) is 0 Å². The Kier molecular flexibility index (Phi) is 4.96. The summed E-state index contributed by atoms with van der Waals surface area (Å²) < 4.78 is 5.20. The molecule has 3 rings (SSSR count). The number of rotatable bonds is 6. The minimum atomic E-state index is -0.0171. The number of pyridine rings is 1. The zero-order chi connectivity index (χ0) is 16.8. The third-order valence-corrected chi connectivity index (χ3v) is 3.49. The quantitative estimate of drug-likeness (QED) is 0.753. The number of carbonyl (C=O) groups excluding carboxylic acids is 1. The molecule has 6 nitrogen and oxygen atoms in total. The van der Waals surface area contributed by atoms with Crippen LogP contribution in [0.4, 0.5) is 0 Å². The lowest BCUT2D eigenvalue weighted by Crippen LogP contribution is -2.27. The van der Waals surface area contributed by atoms with Gasteiger partial charge in [0.05, 0.1) is 12.0 Å². The highest BCUT2D eigenvalue weighted by atomic mass is 16.5. The third kappa shape index (κ3) is 4.25. The van der Waals surface area contributed by atoms with Crippen molar-refractivity contribution in [1.29, 1.82) is 0 Å². The second kappa shape index (κ2) is 7.50. The predicted molar refractivity (Wildman–Crippen MR) is 89.1 cm³/mol. The zero-order valence-electron chi connectivity index (χ0n) is 13.4. The monoisotopic (exact) mass is 322 g/mol. The van der Waals surface area contributed by atoms with Gasteiger partial charge in [-0.2, -0.15) is 4.98 Å². The van der Waals surface area contributed by atoms with Gasteiger partial charge in [0.15, 0.2) is 5.82 Å². The maximum Gasteiger partial charge on any atom is 0.259 e. The zero-order valence-corrected chi connectivity index (χ0v) is 13.4. The summed E-state index contributed by atoms with van der Waals surface area (Å²) in [6.07, 6.45) is 4.24. The van der Waals surface area contributed by atoms with Crippen molar-refractivity contribution in [3.63, 3.8) is 0 Å². The molecule has 0 saturated carbocycles. The van der Waals surface area contributed by atoms with Crippen LogP contribution < -0.4 is 5.32 Å². The van der Waals surface area contributed by atoms with Crippen LogP contribution >= 0.6 is 0 Å². The lowest BCUT2D eigenvalue weighted by molar-refractivity contribution is -0.120. The molecule has 6 heteroatoms.